The topological polar surface area (TPSA) is 44.8 Å². The largest absolute Gasteiger partial charge is 0.465 e. The molecule has 2 heterocycles. The van der Waals surface area contributed by atoms with E-state index in [0.29, 0.717) is 5.56 Å². The predicted octanol–water partition coefficient (Wildman–Crippen LogP) is 0.563. The molecule has 2 fully saturated rings. The highest BCUT2D eigenvalue weighted by Gasteiger charge is 2.27. The molecule has 5 nitrogen and oxygen atoms in total. The first-order chi connectivity index (χ1) is 10.3. The van der Waals surface area contributed by atoms with Gasteiger partial charge in [-0.3, -0.25) is 9.80 Å². The molecule has 1 N–H and O–H groups in total. The molecule has 1 aromatic carbocycles. The van der Waals surface area contributed by atoms with E-state index >= 15 is 0 Å². The normalized spacial score (nSPS) is 21.0. The van der Waals surface area contributed by atoms with E-state index in [1.165, 1.54) is 12.7 Å². The third-order valence-corrected chi connectivity index (χ3v) is 4.46. The van der Waals surface area contributed by atoms with Crippen LogP contribution in [0.4, 0.5) is 0 Å². The van der Waals surface area contributed by atoms with E-state index in [1.807, 2.05) is 24.3 Å². The third-order valence-electron chi connectivity index (χ3n) is 4.46. The molecule has 0 amide bonds. The van der Waals surface area contributed by atoms with Crippen LogP contribution in [0.1, 0.15) is 15.9 Å². The fraction of sp³-hybridized carbons (Fsp3) is 0.562. The van der Waals surface area contributed by atoms with Crippen molar-refractivity contribution in [3.05, 3.63) is 35.4 Å². The number of piperazine rings is 1. The molecule has 0 spiro atoms. The zero-order valence-electron chi connectivity index (χ0n) is 12.5. The summed E-state index contributed by atoms with van der Waals surface area (Å²) in [6.45, 7) is 7.81. The molecule has 0 aliphatic carbocycles. The maximum atomic E-state index is 11.4. The Kier molecular flexibility index (Phi) is 4.53. The summed E-state index contributed by atoms with van der Waals surface area (Å²) < 4.78 is 4.72. The number of nitrogens with one attached hydrogen (secondary N) is 1. The van der Waals surface area contributed by atoms with Crippen molar-refractivity contribution in [1.29, 1.82) is 0 Å². The number of esters is 1. The molecule has 1 aromatic rings. The summed E-state index contributed by atoms with van der Waals surface area (Å²) in [4.78, 5) is 16.5. The lowest BCUT2D eigenvalue weighted by atomic mass is 10.1. The van der Waals surface area contributed by atoms with E-state index in [-0.39, 0.29) is 5.97 Å². The molecule has 2 aliphatic heterocycles. The Hall–Kier alpha value is -1.43. The standard InChI is InChI=1S/C16H23N3O2/c1-21-16(20)14-4-2-13(3-5-14)12-18-6-8-19(9-7-18)15-10-17-11-15/h2-5,15,17H,6-12H2,1H3. The Morgan fingerprint density at radius 3 is 2.38 bits per heavy atom. The van der Waals surface area contributed by atoms with Crippen molar-refractivity contribution < 1.29 is 9.53 Å². The van der Waals surface area contributed by atoms with E-state index in [4.69, 9.17) is 4.74 Å². The lowest BCUT2D eigenvalue weighted by Crippen LogP contribution is -2.61. The maximum absolute atomic E-state index is 11.4. The Morgan fingerprint density at radius 1 is 1.19 bits per heavy atom. The smallest absolute Gasteiger partial charge is 0.337 e. The van der Waals surface area contributed by atoms with Gasteiger partial charge in [0, 0.05) is 51.9 Å². The van der Waals surface area contributed by atoms with Crippen molar-refractivity contribution in [2.24, 2.45) is 0 Å². The molecule has 0 saturated carbocycles. The first-order valence-electron chi connectivity index (χ1n) is 7.60. The van der Waals surface area contributed by atoms with Crippen LogP contribution < -0.4 is 5.32 Å². The van der Waals surface area contributed by atoms with E-state index < -0.39 is 0 Å². The highest BCUT2D eigenvalue weighted by molar-refractivity contribution is 5.89. The molecule has 2 saturated heterocycles. The van der Waals surface area contributed by atoms with Gasteiger partial charge in [-0.2, -0.15) is 0 Å². The monoisotopic (exact) mass is 289 g/mol. The Labute approximate surface area is 125 Å². The minimum Gasteiger partial charge on any atom is -0.465 e. The number of nitrogens with zero attached hydrogens (tertiary/aromatic N) is 2. The molecule has 0 unspecified atom stereocenters. The number of hydrogen-bond donors (Lipinski definition) is 1. The van der Waals surface area contributed by atoms with Crippen LogP contribution in [0.25, 0.3) is 0 Å². The number of rotatable bonds is 4. The number of hydrogen-bond acceptors (Lipinski definition) is 5. The number of carbonyl (C=O) groups is 1. The summed E-state index contributed by atoms with van der Waals surface area (Å²) in [5.41, 5.74) is 1.87. The number of benzene rings is 1. The highest BCUT2D eigenvalue weighted by atomic mass is 16.5. The number of carbonyl (C=O) groups excluding carboxylic acids is 1. The number of ether oxygens (including phenoxy) is 1. The quantitative estimate of drug-likeness (QED) is 0.821. The molecular weight excluding hydrogens is 266 g/mol. The van der Waals surface area contributed by atoms with E-state index in [1.54, 1.807) is 0 Å². The third kappa shape index (κ3) is 3.43. The van der Waals surface area contributed by atoms with Crippen molar-refractivity contribution in [2.75, 3.05) is 46.4 Å². The predicted molar refractivity (Wildman–Crippen MR) is 81.3 cm³/mol. The summed E-state index contributed by atoms with van der Waals surface area (Å²) in [5.74, 6) is -0.274. The molecular formula is C16H23N3O2. The van der Waals surface area contributed by atoms with Crippen LogP contribution in [0, 0.1) is 0 Å². The van der Waals surface area contributed by atoms with Gasteiger partial charge in [0.05, 0.1) is 12.7 Å². The molecule has 0 radical (unpaired) electrons. The van der Waals surface area contributed by atoms with Gasteiger partial charge in [0.1, 0.15) is 0 Å². The SMILES string of the molecule is COC(=O)c1ccc(CN2CCN(C3CNC3)CC2)cc1. The van der Waals surface area contributed by atoms with Gasteiger partial charge >= 0.3 is 5.97 Å². The molecule has 3 rings (SSSR count). The van der Waals surface area contributed by atoms with Crippen LogP contribution in [0.3, 0.4) is 0 Å². The molecule has 21 heavy (non-hydrogen) atoms. The fourth-order valence-corrected chi connectivity index (χ4v) is 2.94. The van der Waals surface area contributed by atoms with Crippen molar-refractivity contribution >= 4 is 5.97 Å². The van der Waals surface area contributed by atoms with Crippen LogP contribution >= 0.6 is 0 Å². The summed E-state index contributed by atoms with van der Waals surface area (Å²) in [6, 6.07) is 8.49. The van der Waals surface area contributed by atoms with Gasteiger partial charge in [0.15, 0.2) is 0 Å². The molecule has 0 aromatic heterocycles. The molecule has 2 aliphatic rings. The van der Waals surface area contributed by atoms with E-state index in [9.17, 15) is 4.79 Å². The Bertz CT molecular complexity index is 477. The van der Waals surface area contributed by atoms with Crippen molar-refractivity contribution in [3.63, 3.8) is 0 Å². The van der Waals surface area contributed by atoms with Gasteiger partial charge in [-0.25, -0.2) is 4.79 Å². The lowest BCUT2D eigenvalue weighted by molar-refractivity contribution is 0.0600. The summed E-state index contributed by atoms with van der Waals surface area (Å²) >= 11 is 0. The highest BCUT2D eigenvalue weighted by Crippen LogP contribution is 2.13. The Morgan fingerprint density at radius 2 is 1.86 bits per heavy atom. The molecule has 5 heteroatoms. The van der Waals surface area contributed by atoms with Gasteiger partial charge in [-0.1, -0.05) is 12.1 Å². The molecule has 0 atom stereocenters. The number of methoxy groups -OCH3 is 1. The second kappa shape index (κ2) is 6.56. The van der Waals surface area contributed by atoms with Gasteiger partial charge in [-0.05, 0) is 17.7 Å². The van der Waals surface area contributed by atoms with Crippen molar-refractivity contribution in [1.82, 2.24) is 15.1 Å². The van der Waals surface area contributed by atoms with Crippen LogP contribution in [-0.2, 0) is 11.3 Å². The van der Waals surface area contributed by atoms with Gasteiger partial charge in [-0.15, -0.1) is 0 Å². The van der Waals surface area contributed by atoms with Crippen LogP contribution in [-0.4, -0.2) is 68.2 Å². The molecule has 114 valence electrons. The summed E-state index contributed by atoms with van der Waals surface area (Å²) in [7, 11) is 1.41. The summed E-state index contributed by atoms with van der Waals surface area (Å²) in [6.07, 6.45) is 0. The maximum Gasteiger partial charge on any atom is 0.337 e. The second-order valence-corrected chi connectivity index (χ2v) is 5.81. The minimum absolute atomic E-state index is 0.274. The van der Waals surface area contributed by atoms with E-state index in [2.05, 4.69) is 15.1 Å². The zero-order chi connectivity index (χ0) is 14.7. The minimum atomic E-state index is -0.274. The lowest BCUT2D eigenvalue weighted by Gasteiger charge is -2.43. The second-order valence-electron chi connectivity index (χ2n) is 5.81. The first kappa shape index (κ1) is 14.5. The average molecular weight is 289 g/mol. The fourth-order valence-electron chi connectivity index (χ4n) is 2.94. The van der Waals surface area contributed by atoms with Crippen molar-refractivity contribution in [2.45, 2.75) is 12.6 Å². The molecule has 0 bridgehead atoms. The van der Waals surface area contributed by atoms with Gasteiger partial charge < -0.3 is 10.1 Å². The van der Waals surface area contributed by atoms with Gasteiger partial charge in [0.2, 0.25) is 0 Å². The first-order valence-corrected chi connectivity index (χ1v) is 7.60. The van der Waals surface area contributed by atoms with Crippen molar-refractivity contribution in [3.8, 4) is 0 Å². The van der Waals surface area contributed by atoms with Crippen LogP contribution in [0.5, 0.6) is 0 Å². The zero-order valence-corrected chi connectivity index (χ0v) is 12.5. The van der Waals surface area contributed by atoms with Crippen LogP contribution in [0.15, 0.2) is 24.3 Å². The van der Waals surface area contributed by atoms with Crippen LogP contribution in [0.2, 0.25) is 0 Å². The summed E-state index contributed by atoms with van der Waals surface area (Å²) in [5, 5.41) is 3.34. The van der Waals surface area contributed by atoms with Gasteiger partial charge in [0.25, 0.3) is 0 Å². The van der Waals surface area contributed by atoms with E-state index in [0.717, 1.165) is 51.9 Å². The Balaban J connectivity index is 1.49. The average Bonchev–Trinajstić information content (AvgIpc) is 2.47.